The molecule has 0 aliphatic carbocycles. The van der Waals surface area contributed by atoms with E-state index in [1.165, 1.54) is 6.07 Å². The molecule has 118 valence electrons. The molecule has 0 aromatic carbocycles. The maximum atomic E-state index is 13.7. The quantitative estimate of drug-likeness (QED) is 0.891. The molecule has 1 aromatic rings. The number of hydrogen-bond donors (Lipinski definition) is 2. The third-order valence-corrected chi connectivity index (χ3v) is 2.39. The van der Waals surface area contributed by atoms with Crippen LogP contribution >= 0.6 is 0 Å². The number of pyridine rings is 1. The number of carbonyl (C=O) groups excluding carboxylic acids is 1. The SMILES string of the molecule is CN(C)CC(O)c1cc(NC(=O)OC(C)(C)C)c(F)cn1. The number of likely N-dealkylation sites (N-methyl/N-ethyl adjacent to an activating group) is 1. The van der Waals surface area contributed by atoms with Gasteiger partial charge in [-0.15, -0.1) is 0 Å². The first kappa shape index (κ1) is 17.3. The van der Waals surface area contributed by atoms with E-state index in [-0.39, 0.29) is 11.4 Å². The Hall–Kier alpha value is -1.73. The Balaban J connectivity index is 2.85. The summed E-state index contributed by atoms with van der Waals surface area (Å²) in [5.41, 5.74) is -0.482. The highest BCUT2D eigenvalue weighted by atomic mass is 19.1. The maximum absolute atomic E-state index is 13.7. The molecule has 2 N–H and O–H groups in total. The summed E-state index contributed by atoms with van der Waals surface area (Å²) in [7, 11) is 3.60. The average molecular weight is 299 g/mol. The third kappa shape index (κ3) is 6.05. The summed E-state index contributed by atoms with van der Waals surface area (Å²) in [5.74, 6) is -0.693. The summed E-state index contributed by atoms with van der Waals surface area (Å²) in [6.07, 6.45) is -0.679. The summed E-state index contributed by atoms with van der Waals surface area (Å²) >= 11 is 0. The van der Waals surface area contributed by atoms with Crippen molar-refractivity contribution in [2.24, 2.45) is 0 Å². The van der Waals surface area contributed by atoms with Gasteiger partial charge in [0.15, 0.2) is 5.82 Å². The number of aromatic nitrogens is 1. The van der Waals surface area contributed by atoms with E-state index in [1.54, 1.807) is 39.8 Å². The molecule has 21 heavy (non-hydrogen) atoms. The molecule has 0 fully saturated rings. The van der Waals surface area contributed by atoms with Crippen LogP contribution in [0.2, 0.25) is 0 Å². The van der Waals surface area contributed by atoms with Gasteiger partial charge in [-0.2, -0.15) is 0 Å². The molecule has 6 nitrogen and oxygen atoms in total. The smallest absolute Gasteiger partial charge is 0.412 e. The highest BCUT2D eigenvalue weighted by Crippen LogP contribution is 2.20. The van der Waals surface area contributed by atoms with Gasteiger partial charge in [0.05, 0.1) is 17.6 Å². The van der Waals surface area contributed by atoms with Crippen molar-refractivity contribution in [1.82, 2.24) is 9.88 Å². The number of anilines is 1. The van der Waals surface area contributed by atoms with Gasteiger partial charge in [0.1, 0.15) is 11.7 Å². The van der Waals surface area contributed by atoms with Crippen LogP contribution in [-0.2, 0) is 4.74 Å². The predicted octanol–water partition coefficient (Wildman–Crippen LogP) is 2.16. The Morgan fingerprint density at radius 2 is 2.14 bits per heavy atom. The number of aliphatic hydroxyl groups excluding tert-OH is 1. The first-order valence-electron chi connectivity index (χ1n) is 6.56. The second-order valence-electron chi connectivity index (χ2n) is 5.99. The molecule has 0 aliphatic heterocycles. The molecule has 0 aliphatic rings. The van der Waals surface area contributed by atoms with Gasteiger partial charge in [0.2, 0.25) is 0 Å². The van der Waals surface area contributed by atoms with Gasteiger partial charge >= 0.3 is 6.09 Å². The number of nitrogens with zero attached hydrogens (tertiary/aromatic N) is 2. The zero-order valence-corrected chi connectivity index (χ0v) is 13.0. The molecule has 0 radical (unpaired) electrons. The number of aliphatic hydroxyl groups is 1. The van der Waals surface area contributed by atoms with Crippen LogP contribution in [0.3, 0.4) is 0 Å². The first-order valence-corrected chi connectivity index (χ1v) is 6.56. The van der Waals surface area contributed by atoms with E-state index >= 15 is 0 Å². The Bertz CT molecular complexity index is 501. The summed E-state index contributed by atoms with van der Waals surface area (Å²) < 4.78 is 18.7. The molecule has 1 rings (SSSR count). The molecule has 0 saturated carbocycles. The van der Waals surface area contributed by atoms with Crippen LogP contribution in [0.25, 0.3) is 0 Å². The molecule has 0 saturated heterocycles. The van der Waals surface area contributed by atoms with E-state index in [0.29, 0.717) is 6.54 Å². The lowest BCUT2D eigenvalue weighted by molar-refractivity contribution is 0.0635. The van der Waals surface area contributed by atoms with Gasteiger partial charge < -0.3 is 14.7 Å². The Labute approximate surface area is 123 Å². The van der Waals surface area contributed by atoms with E-state index in [9.17, 15) is 14.3 Å². The highest BCUT2D eigenvalue weighted by Gasteiger charge is 2.19. The van der Waals surface area contributed by atoms with E-state index < -0.39 is 23.6 Å². The molecule has 1 unspecified atom stereocenters. The number of nitrogens with one attached hydrogen (secondary N) is 1. The lowest BCUT2D eigenvalue weighted by Gasteiger charge is -2.20. The van der Waals surface area contributed by atoms with Crippen molar-refractivity contribution < 1.29 is 19.0 Å². The van der Waals surface area contributed by atoms with Gasteiger partial charge in [-0.1, -0.05) is 0 Å². The Kier molecular flexibility index (Phi) is 5.62. The lowest BCUT2D eigenvalue weighted by atomic mass is 10.2. The second kappa shape index (κ2) is 6.82. The zero-order chi connectivity index (χ0) is 16.2. The monoisotopic (exact) mass is 299 g/mol. The summed E-state index contributed by atoms with van der Waals surface area (Å²) in [6.45, 7) is 5.47. The van der Waals surface area contributed by atoms with E-state index in [2.05, 4.69) is 10.3 Å². The number of carbonyl (C=O) groups is 1. The topological polar surface area (TPSA) is 74.7 Å². The maximum Gasteiger partial charge on any atom is 0.412 e. The second-order valence-corrected chi connectivity index (χ2v) is 5.99. The van der Waals surface area contributed by atoms with Crippen molar-refractivity contribution in [2.75, 3.05) is 26.0 Å². The van der Waals surface area contributed by atoms with Crippen molar-refractivity contribution in [3.8, 4) is 0 Å². The van der Waals surface area contributed by atoms with Gasteiger partial charge in [0.25, 0.3) is 0 Å². The molecule has 0 spiro atoms. The number of ether oxygens (including phenoxy) is 1. The van der Waals surface area contributed by atoms with Crippen molar-refractivity contribution in [2.45, 2.75) is 32.5 Å². The number of rotatable bonds is 4. The molecule has 1 atom stereocenters. The number of halogens is 1. The van der Waals surface area contributed by atoms with Gasteiger partial charge in [-0.25, -0.2) is 9.18 Å². The Morgan fingerprint density at radius 1 is 1.52 bits per heavy atom. The lowest BCUT2D eigenvalue weighted by Crippen LogP contribution is -2.27. The van der Waals surface area contributed by atoms with Crippen molar-refractivity contribution >= 4 is 11.8 Å². The minimum atomic E-state index is -0.875. The normalized spacial score (nSPS) is 13.1. The van der Waals surface area contributed by atoms with Gasteiger partial charge in [-0.3, -0.25) is 10.3 Å². The fourth-order valence-corrected chi connectivity index (χ4v) is 1.59. The van der Waals surface area contributed by atoms with E-state index in [4.69, 9.17) is 4.74 Å². The van der Waals surface area contributed by atoms with Crippen LogP contribution in [-0.4, -0.2) is 47.3 Å². The number of hydrogen-bond acceptors (Lipinski definition) is 5. The molecule has 1 aromatic heterocycles. The van der Waals surface area contributed by atoms with Gasteiger partial charge in [-0.05, 0) is 40.9 Å². The van der Waals surface area contributed by atoms with E-state index in [0.717, 1.165) is 6.20 Å². The van der Waals surface area contributed by atoms with Crippen LogP contribution in [0, 0.1) is 5.82 Å². The van der Waals surface area contributed by atoms with Crippen LogP contribution in [0.5, 0.6) is 0 Å². The molecule has 1 heterocycles. The largest absolute Gasteiger partial charge is 0.444 e. The highest BCUT2D eigenvalue weighted by molar-refractivity contribution is 5.85. The fourth-order valence-electron chi connectivity index (χ4n) is 1.59. The number of amides is 1. The van der Waals surface area contributed by atoms with Gasteiger partial charge in [0, 0.05) is 6.54 Å². The average Bonchev–Trinajstić information content (AvgIpc) is 2.28. The summed E-state index contributed by atoms with van der Waals surface area (Å²) in [4.78, 5) is 17.3. The summed E-state index contributed by atoms with van der Waals surface area (Å²) in [6, 6.07) is 1.30. The van der Waals surface area contributed by atoms with Crippen LogP contribution in [0.1, 0.15) is 32.6 Å². The van der Waals surface area contributed by atoms with Crippen molar-refractivity contribution in [3.63, 3.8) is 0 Å². The van der Waals surface area contributed by atoms with Crippen molar-refractivity contribution in [3.05, 3.63) is 23.8 Å². The summed E-state index contributed by atoms with van der Waals surface area (Å²) in [5, 5.41) is 12.3. The zero-order valence-electron chi connectivity index (χ0n) is 13.0. The Morgan fingerprint density at radius 3 is 2.67 bits per heavy atom. The molecule has 7 heteroatoms. The minimum Gasteiger partial charge on any atom is -0.444 e. The molecule has 1 amide bonds. The van der Waals surface area contributed by atoms with Crippen LogP contribution in [0.4, 0.5) is 14.9 Å². The molecular formula is C14H22FN3O3. The third-order valence-electron chi connectivity index (χ3n) is 2.39. The van der Waals surface area contributed by atoms with Crippen LogP contribution < -0.4 is 5.32 Å². The van der Waals surface area contributed by atoms with E-state index in [1.807, 2.05) is 0 Å². The fraction of sp³-hybridized carbons (Fsp3) is 0.571. The standard InChI is InChI=1S/C14H22FN3O3/c1-14(2,3)21-13(20)17-10-6-11(16-7-9(10)15)12(19)8-18(4)5/h6-7,12,19H,8H2,1-5H3,(H,16,17,20). The molecule has 0 bridgehead atoms. The minimum absolute atomic E-state index is 0.0768. The molecular weight excluding hydrogens is 277 g/mol. The first-order chi connectivity index (χ1) is 9.58. The van der Waals surface area contributed by atoms with Crippen LogP contribution in [0.15, 0.2) is 12.3 Å². The van der Waals surface area contributed by atoms with Crippen molar-refractivity contribution in [1.29, 1.82) is 0 Å². The predicted molar refractivity (Wildman–Crippen MR) is 77.6 cm³/mol.